The molecular weight excluding hydrogens is 481 g/mol. The molecule has 3 rings (SSSR count). The van der Waals surface area contributed by atoms with Crippen LogP contribution in [-0.2, 0) is 24.3 Å². The first-order valence-electron chi connectivity index (χ1n) is 9.91. The standard InChI is InChI=1S/C20H29N7O.HI/c1-3-18-25-24-15-26(18)13-11-22-20(21-2)23-14-16-7-9-17(10-8-16)27-12-5-4-6-19(27)28;/h7-10,15H,3-6,11-14H2,1-2H3,(H2,21,22,23);1H. The summed E-state index contributed by atoms with van der Waals surface area (Å²) in [5, 5.41) is 14.7. The number of rotatable bonds is 7. The number of hydrogen-bond acceptors (Lipinski definition) is 4. The van der Waals surface area contributed by atoms with E-state index >= 15 is 0 Å². The van der Waals surface area contributed by atoms with E-state index in [2.05, 4.69) is 44.9 Å². The smallest absolute Gasteiger partial charge is 0.226 e. The van der Waals surface area contributed by atoms with Crippen LogP contribution in [0.4, 0.5) is 5.69 Å². The largest absolute Gasteiger partial charge is 0.355 e. The second-order valence-corrected chi connectivity index (χ2v) is 6.82. The van der Waals surface area contributed by atoms with Crippen LogP contribution in [-0.4, -0.2) is 46.8 Å². The molecule has 0 saturated carbocycles. The Kier molecular flexibility index (Phi) is 9.36. The molecule has 1 aliphatic heterocycles. The molecule has 0 spiro atoms. The summed E-state index contributed by atoms with van der Waals surface area (Å²) in [5.41, 5.74) is 2.12. The van der Waals surface area contributed by atoms with Crippen LogP contribution in [0.3, 0.4) is 0 Å². The second kappa shape index (κ2) is 11.7. The first kappa shape index (κ1) is 23.1. The van der Waals surface area contributed by atoms with Crippen molar-refractivity contribution < 1.29 is 4.79 Å². The minimum atomic E-state index is 0. The SMILES string of the molecule is CCc1nncn1CCNC(=NC)NCc1ccc(N2CCCCC2=O)cc1.I. The lowest BCUT2D eigenvalue weighted by atomic mass is 10.1. The maximum absolute atomic E-state index is 12.0. The van der Waals surface area contributed by atoms with E-state index < -0.39 is 0 Å². The van der Waals surface area contributed by atoms with E-state index in [9.17, 15) is 4.79 Å². The van der Waals surface area contributed by atoms with Crippen LogP contribution in [0, 0.1) is 0 Å². The third-order valence-electron chi connectivity index (χ3n) is 4.91. The van der Waals surface area contributed by atoms with Gasteiger partial charge in [-0.2, -0.15) is 0 Å². The number of amides is 1. The zero-order chi connectivity index (χ0) is 19.8. The number of halogens is 1. The molecular formula is C20H30IN7O. The molecule has 1 aromatic carbocycles. The van der Waals surface area contributed by atoms with Crippen LogP contribution in [0.15, 0.2) is 35.6 Å². The van der Waals surface area contributed by atoms with E-state index in [0.717, 1.165) is 61.9 Å². The van der Waals surface area contributed by atoms with Gasteiger partial charge in [-0.15, -0.1) is 34.2 Å². The number of carbonyl (C=O) groups is 1. The number of carbonyl (C=O) groups excluding carboxylic acids is 1. The minimum absolute atomic E-state index is 0. The van der Waals surface area contributed by atoms with Gasteiger partial charge in [-0.05, 0) is 30.5 Å². The monoisotopic (exact) mass is 511 g/mol. The van der Waals surface area contributed by atoms with Gasteiger partial charge in [0.25, 0.3) is 0 Å². The van der Waals surface area contributed by atoms with Gasteiger partial charge in [-0.25, -0.2) is 0 Å². The molecule has 29 heavy (non-hydrogen) atoms. The Labute approximate surface area is 189 Å². The van der Waals surface area contributed by atoms with Crippen LogP contribution in [0.2, 0.25) is 0 Å². The van der Waals surface area contributed by atoms with Gasteiger partial charge < -0.3 is 20.1 Å². The molecule has 9 heteroatoms. The molecule has 1 amide bonds. The lowest BCUT2D eigenvalue weighted by Crippen LogP contribution is -2.38. The predicted molar refractivity (Wildman–Crippen MR) is 126 cm³/mol. The van der Waals surface area contributed by atoms with Crippen LogP contribution in [0.5, 0.6) is 0 Å². The molecule has 2 heterocycles. The number of guanidine groups is 1. The van der Waals surface area contributed by atoms with Gasteiger partial charge in [0.05, 0.1) is 0 Å². The van der Waals surface area contributed by atoms with Crippen molar-refractivity contribution in [1.82, 2.24) is 25.4 Å². The van der Waals surface area contributed by atoms with Crippen LogP contribution >= 0.6 is 24.0 Å². The summed E-state index contributed by atoms with van der Waals surface area (Å²) in [5.74, 6) is 1.96. The number of aryl methyl sites for hydroxylation is 1. The highest BCUT2D eigenvalue weighted by atomic mass is 127. The van der Waals surface area contributed by atoms with Gasteiger partial charge in [0.1, 0.15) is 12.2 Å². The second-order valence-electron chi connectivity index (χ2n) is 6.82. The number of nitrogens with one attached hydrogen (secondary N) is 2. The van der Waals surface area contributed by atoms with Gasteiger partial charge in [-0.1, -0.05) is 19.1 Å². The Bertz CT molecular complexity index is 803. The molecule has 2 N–H and O–H groups in total. The van der Waals surface area contributed by atoms with Crippen LogP contribution < -0.4 is 15.5 Å². The Hall–Kier alpha value is -2.17. The highest BCUT2D eigenvalue weighted by molar-refractivity contribution is 14.0. The van der Waals surface area contributed by atoms with Crippen molar-refractivity contribution >= 4 is 41.5 Å². The summed E-state index contributed by atoms with van der Waals surface area (Å²) in [6, 6.07) is 8.16. The molecule has 8 nitrogen and oxygen atoms in total. The molecule has 0 bridgehead atoms. The van der Waals surface area contributed by atoms with E-state index in [0.29, 0.717) is 13.0 Å². The zero-order valence-electron chi connectivity index (χ0n) is 17.1. The van der Waals surface area contributed by atoms with Crippen molar-refractivity contribution in [3.05, 3.63) is 42.0 Å². The fraction of sp³-hybridized carbons (Fsp3) is 0.500. The minimum Gasteiger partial charge on any atom is -0.355 e. The summed E-state index contributed by atoms with van der Waals surface area (Å²) in [6.45, 7) is 5.08. The fourth-order valence-corrected chi connectivity index (χ4v) is 3.31. The van der Waals surface area contributed by atoms with Crippen LogP contribution in [0.25, 0.3) is 0 Å². The third kappa shape index (κ3) is 6.41. The Morgan fingerprint density at radius 1 is 1.21 bits per heavy atom. The average Bonchev–Trinajstić information content (AvgIpc) is 3.19. The summed E-state index contributed by atoms with van der Waals surface area (Å²) in [4.78, 5) is 18.2. The number of nitrogens with zero attached hydrogens (tertiary/aromatic N) is 5. The van der Waals surface area contributed by atoms with E-state index in [-0.39, 0.29) is 29.9 Å². The van der Waals surface area contributed by atoms with E-state index in [4.69, 9.17) is 0 Å². The van der Waals surface area contributed by atoms with Gasteiger partial charge in [-0.3, -0.25) is 9.79 Å². The van der Waals surface area contributed by atoms with Crippen molar-refractivity contribution in [2.75, 3.05) is 25.0 Å². The molecule has 2 aromatic rings. The molecule has 0 unspecified atom stereocenters. The number of hydrogen-bond donors (Lipinski definition) is 2. The number of piperidine rings is 1. The summed E-state index contributed by atoms with van der Waals surface area (Å²) in [7, 11) is 1.76. The highest BCUT2D eigenvalue weighted by Gasteiger charge is 2.19. The van der Waals surface area contributed by atoms with E-state index in [1.54, 1.807) is 13.4 Å². The van der Waals surface area contributed by atoms with E-state index in [1.807, 2.05) is 21.6 Å². The summed E-state index contributed by atoms with van der Waals surface area (Å²) < 4.78 is 2.04. The average molecular weight is 511 g/mol. The topological polar surface area (TPSA) is 87.4 Å². The first-order valence-corrected chi connectivity index (χ1v) is 9.91. The number of benzene rings is 1. The molecule has 158 valence electrons. The Morgan fingerprint density at radius 3 is 2.69 bits per heavy atom. The lowest BCUT2D eigenvalue weighted by Gasteiger charge is -2.26. The number of aliphatic imine (C=N–C) groups is 1. The van der Waals surface area contributed by atoms with Gasteiger partial charge in [0, 0.05) is 51.8 Å². The summed E-state index contributed by atoms with van der Waals surface area (Å²) in [6.07, 6.45) is 5.35. The van der Waals surface area contributed by atoms with Crippen molar-refractivity contribution in [2.45, 2.75) is 45.7 Å². The molecule has 1 aliphatic rings. The van der Waals surface area contributed by atoms with Gasteiger partial charge >= 0.3 is 0 Å². The Morgan fingerprint density at radius 2 is 2.00 bits per heavy atom. The molecule has 0 atom stereocenters. The Balaban J connectivity index is 0.00000300. The summed E-state index contributed by atoms with van der Waals surface area (Å²) >= 11 is 0. The molecule has 0 aliphatic carbocycles. The third-order valence-corrected chi connectivity index (χ3v) is 4.91. The quantitative estimate of drug-likeness (QED) is 0.339. The predicted octanol–water partition coefficient (Wildman–Crippen LogP) is 2.34. The van der Waals surface area contributed by atoms with Crippen LogP contribution in [0.1, 0.15) is 37.6 Å². The van der Waals surface area contributed by atoms with Crippen molar-refractivity contribution in [2.24, 2.45) is 4.99 Å². The zero-order valence-corrected chi connectivity index (χ0v) is 19.4. The number of anilines is 1. The molecule has 0 radical (unpaired) electrons. The van der Waals surface area contributed by atoms with Crippen molar-refractivity contribution in [3.8, 4) is 0 Å². The van der Waals surface area contributed by atoms with Gasteiger partial charge in [0.15, 0.2) is 5.96 Å². The fourth-order valence-electron chi connectivity index (χ4n) is 3.31. The maximum atomic E-state index is 12.0. The normalized spacial score (nSPS) is 14.5. The van der Waals surface area contributed by atoms with Gasteiger partial charge in [0.2, 0.25) is 5.91 Å². The molecule has 1 saturated heterocycles. The lowest BCUT2D eigenvalue weighted by molar-refractivity contribution is -0.119. The van der Waals surface area contributed by atoms with Crippen molar-refractivity contribution in [1.29, 1.82) is 0 Å². The van der Waals surface area contributed by atoms with Crippen molar-refractivity contribution in [3.63, 3.8) is 0 Å². The highest BCUT2D eigenvalue weighted by Crippen LogP contribution is 2.21. The maximum Gasteiger partial charge on any atom is 0.226 e. The molecule has 1 aromatic heterocycles. The van der Waals surface area contributed by atoms with E-state index in [1.165, 1.54) is 0 Å². The number of aromatic nitrogens is 3. The molecule has 1 fully saturated rings. The first-order chi connectivity index (χ1) is 13.7.